The second-order valence-electron chi connectivity index (χ2n) is 9.25. The van der Waals surface area contributed by atoms with E-state index in [0.29, 0.717) is 12.3 Å². The molecule has 0 aliphatic heterocycles. The minimum atomic E-state index is -3.27. The quantitative estimate of drug-likeness (QED) is 0.293. The Labute approximate surface area is 198 Å². The molecule has 2 aromatic carbocycles. The van der Waals surface area contributed by atoms with E-state index in [2.05, 4.69) is 25.7 Å². The van der Waals surface area contributed by atoms with Crippen LogP contribution in [0.2, 0.25) is 0 Å². The van der Waals surface area contributed by atoms with Gasteiger partial charge in [-0.2, -0.15) is 8.78 Å². The smallest absolute Gasteiger partial charge is 0.316 e. The third-order valence-corrected chi connectivity index (χ3v) is 6.88. The molecule has 3 rings (SSSR count). The molecule has 0 N–H and O–H groups in total. The molecule has 2 aromatic rings. The monoisotopic (exact) mass is 452 g/mol. The van der Waals surface area contributed by atoms with Crippen LogP contribution < -0.4 is 0 Å². The van der Waals surface area contributed by atoms with Gasteiger partial charge in [0.25, 0.3) is 0 Å². The molecule has 1 nitrogen and oxygen atoms in total. The van der Waals surface area contributed by atoms with Crippen molar-refractivity contribution in [2.24, 2.45) is 5.92 Å². The van der Waals surface area contributed by atoms with Crippen molar-refractivity contribution >= 4 is 0 Å². The van der Waals surface area contributed by atoms with Crippen LogP contribution in [-0.4, -0.2) is 6.61 Å². The van der Waals surface area contributed by atoms with E-state index in [0.717, 1.165) is 43.6 Å². The number of ether oxygens (including phenoxy) is 1. The van der Waals surface area contributed by atoms with Gasteiger partial charge in [-0.25, -0.2) is 0 Å². The van der Waals surface area contributed by atoms with Crippen LogP contribution in [0.3, 0.4) is 0 Å². The van der Waals surface area contributed by atoms with E-state index in [1.54, 1.807) is 12.1 Å². The second kappa shape index (κ2) is 12.8. The fourth-order valence-electron chi connectivity index (χ4n) is 4.75. The number of hydrogen-bond donors (Lipinski definition) is 0. The molecule has 0 heterocycles. The highest BCUT2D eigenvalue weighted by Gasteiger charge is 2.33. The van der Waals surface area contributed by atoms with Gasteiger partial charge in [0.1, 0.15) is 0 Å². The van der Waals surface area contributed by atoms with Crippen molar-refractivity contribution in [2.45, 2.75) is 76.7 Å². The van der Waals surface area contributed by atoms with Gasteiger partial charge in [0.05, 0.1) is 12.2 Å². The van der Waals surface area contributed by atoms with Gasteiger partial charge in [-0.3, -0.25) is 0 Å². The average Bonchev–Trinajstić information content (AvgIpc) is 2.84. The Kier molecular flexibility index (Phi) is 9.87. The summed E-state index contributed by atoms with van der Waals surface area (Å²) in [6.07, 6.45) is 12.5. The van der Waals surface area contributed by atoms with E-state index in [1.165, 1.54) is 30.4 Å². The minimum absolute atomic E-state index is 0.0159. The van der Waals surface area contributed by atoms with Crippen LogP contribution in [0.4, 0.5) is 8.78 Å². The summed E-state index contributed by atoms with van der Waals surface area (Å²) in [5.74, 6) is 1.29. The van der Waals surface area contributed by atoms with Crippen molar-refractivity contribution in [1.82, 2.24) is 0 Å². The van der Waals surface area contributed by atoms with Gasteiger partial charge in [0, 0.05) is 0 Å². The van der Waals surface area contributed by atoms with E-state index >= 15 is 0 Å². The zero-order chi connectivity index (χ0) is 23.5. The largest absolute Gasteiger partial charge is 0.383 e. The molecule has 0 aromatic heterocycles. The molecule has 0 bridgehead atoms. The third-order valence-electron chi connectivity index (χ3n) is 6.88. The van der Waals surface area contributed by atoms with Crippen LogP contribution in [0.5, 0.6) is 0 Å². The third kappa shape index (κ3) is 7.92. The van der Waals surface area contributed by atoms with Crippen LogP contribution >= 0.6 is 0 Å². The first-order chi connectivity index (χ1) is 16.0. The topological polar surface area (TPSA) is 9.23 Å². The molecule has 1 fully saturated rings. The van der Waals surface area contributed by atoms with Crippen molar-refractivity contribution in [1.29, 1.82) is 0 Å². The van der Waals surface area contributed by atoms with Gasteiger partial charge in [-0.05, 0) is 93.2 Å². The summed E-state index contributed by atoms with van der Waals surface area (Å²) in [5, 5.41) is 0. The van der Waals surface area contributed by atoms with E-state index in [-0.39, 0.29) is 12.2 Å². The SMILES string of the molecule is C=CCCc1ccc(CCOC(F)(F)c2ccc(C3CCC(CC/C=C/C)CC3)cc2)cc1. The van der Waals surface area contributed by atoms with Crippen molar-refractivity contribution in [3.63, 3.8) is 0 Å². The van der Waals surface area contributed by atoms with Crippen molar-refractivity contribution in [2.75, 3.05) is 6.61 Å². The highest BCUT2D eigenvalue weighted by Crippen LogP contribution is 2.38. The predicted molar refractivity (Wildman–Crippen MR) is 134 cm³/mol. The van der Waals surface area contributed by atoms with Gasteiger partial charge in [0.15, 0.2) is 0 Å². The summed E-state index contributed by atoms with van der Waals surface area (Å²) in [6, 6.07) is 14.9. The molecule has 33 heavy (non-hydrogen) atoms. The summed E-state index contributed by atoms with van der Waals surface area (Å²) >= 11 is 0. The molecule has 0 radical (unpaired) electrons. The first kappa shape index (κ1) is 25.4. The Bertz CT molecular complexity index is 859. The summed E-state index contributed by atoms with van der Waals surface area (Å²) in [4.78, 5) is 0. The Morgan fingerprint density at radius 2 is 1.55 bits per heavy atom. The molecule has 178 valence electrons. The maximum Gasteiger partial charge on any atom is 0.383 e. The maximum absolute atomic E-state index is 14.6. The number of hydrogen-bond acceptors (Lipinski definition) is 1. The second-order valence-corrected chi connectivity index (χ2v) is 9.25. The summed E-state index contributed by atoms with van der Waals surface area (Å²) < 4.78 is 34.2. The number of allylic oxidation sites excluding steroid dienone is 3. The first-order valence-corrected chi connectivity index (χ1v) is 12.4. The van der Waals surface area contributed by atoms with E-state index in [9.17, 15) is 8.78 Å². The van der Waals surface area contributed by atoms with E-state index in [4.69, 9.17) is 4.74 Å². The van der Waals surface area contributed by atoms with Gasteiger partial charge in [-0.15, -0.1) is 6.58 Å². The Morgan fingerprint density at radius 3 is 2.15 bits per heavy atom. The molecule has 0 saturated heterocycles. The summed E-state index contributed by atoms with van der Waals surface area (Å²) in [7, 11) is 0. The van der Waals surface area contributed by atoms with Crippen LogP contribution in [0, 0.1) is 5.92 Å². The maximum atomic E-state index is 14.6. The van der Waals surface area contributed by atoms with Crippen molar-refractivity contribution in [3.8, 4) is 0 Å². The fourth-order valence-corrected chi connectivity index (χ4v) is 4.75. The lowest BCUT2D eigenvalue weighted by atomic mass is 9.77. The average molecular weight is 453 g/mol. The molecular weight excluding hydrogens is 414 g/mol. The number of benzene rings is 2. The number of aryl methyl sites for hydroxylation is 1. The lowest BCUT2D eigenvalue weighted by Gasteiger charge is -2.29. The summed E-state index contributed by atoms with van der Waals surface area (Å²) in [6.45, 7) is 5.79. The standard InChI is InChI=1S/C30H38F2O/c1-3-5-7-9-25-14-16-27(17-15-25)28-18-20-29(21-19-28)30(31,32)33-23-22-26-12-10-24(11-13-26)8-6-4-2/h3-5,10-13,18-21,25,27H,2,6-9,14-17,22-23H2,1H3/b5-3+. The van der Waals surface area contributed by atoms with Crippen LogP contribution in [0.25, 0.3) is 0 Å². The molecule has 0 unspecified atom stereocenters. The number of halogens is 2. The predicted octanol–water partition coefficient (Wildman–Crippen LogP) is 8.74. The van der Waals surface area contributed by atoms with Gasteiger partial charge in [-0.1, -0.05) is 66.8 Å². The first-order valence-electron chi connectivity index (χ1n) is 12.4. The molecule has 1 aliphatic rings. The number of alkyl halides is 2. The van der Waals surface area contributed by atoms with E-state index < -0.39 is 6.11 Å². The van der Waals surface area contributed by atoms with Crippen molar-refractivity contribution in [3.05, 3.63) is 95.6 Å². The molecule has 1 aliphatic carbocycles. The molecule has 0 spiro atoms. The Morgan fingerprint density at radius 1 is 0.909 bits per heavy atom. The van der Waals surface area contributed by atoms with Crippen molar-refractivity contribution < 1.29 is 13.5 Å². The van der Waals surface area contributed by atoms with Gasteiger partial charge < -0.3 is 4.74 Å². The minimum Gasteiger partial charge on any atom is -0.316 e. The molecule has 0 amide bonds. The van der Waals surface area contributed by atoms with Gasteiger partial charge in [0.2, 0.25) is 0 Å². The normalized spacial score (nSPS) is 19.1. The zero-order valence-electron chi connectivity index (χ0n) is 19.9. The Balaban J connectivity index is 1.46. The van der Waals surface area contributed by atoms with Gasteiger partial charge >= 0.3 is 6.11 Å². The lowest BCUT2D eigenvalue weighted by Crippen LogP contribution is -2.20. The van der Waals surface area contributed by atoms with Crippen LogP contribution in [-0.2, 0) is 23.7 Å². The number of rotatable bonds is 12. The molecule has 1 saturated carbocycles. The molecule has 0 atom stereocenters. The summed E-state index contributed by atoms with van der Waals surface area (Å²) in [5.41, 5.74) is 3.35. The molecule has 3 heteroatoms. The Hall–Kier alpha value is -2.26. The molecular formula is C30H38F2O. The fraction of sp³-hybridized carbons (Fsp3) is 0.467. The highest BCUT2D eigenvalue weighted by atomic mass is 19.3. The zero-order valence-corrected chi connectivity index (χ0v) is 19.9. The van der Waals surface area contributed by atoms with E-state index in [1.807, 2.05) is 42.5 Å². The lowest BCUT2D eigenvalue weighted by molar-refractivity contribution is -0.248. The van der Waals surface area contributed by atoms with Crippen LogP contribution in [0.15, 0.2) is 73.3 Å². The highest BCUT2D eigenvalue weighted by molar-refractivity contribution is 5.28. The van der Waals surface area contributed by atoms with Crippen LogP contribution in [0.1, 0.15) is 80.0 Å².